The Bertz CT molecular complexity index is 672. The van der Waals surface area contributed by atoms with Crippen LogP contribution in [0.15, 0.2) is 29.4 Å². The van der Waals surface area contributed by atoms with E-state index in [1.54, 1.807) is 24.3 Å². The summed E-state index contributed by atoms with van der Waals surface area (Å²) in [4.78, 5) is 10.2. The molecule has 0 aliphatic carbocycles. The molecule has 2 N–H and O–H groups in total. The van der Waals surface area contributed by atoms with Crippen molar-refractivity contribution in [1.29, 1.82) is 0 Å². The standard InChI is InChI=1S/C17H23FN4S.HI/c1-4-14-10-20-16(23-14)11-22-17(19-5-2)21-9-13-6-7-15(18)12(3)8-13;/h6-8,10H,4-5,9,11H2,1-3H3,(H2,19,21,22);1H. The van der Waals surface area contributed by atoms with E-state index >= 15 is 0 Å². The number of aromatic nitrogens is 1. The van der Waals surface area contributed by atoms with E-state index in [0.717, 1.165) is 29.5 Å². The number of nitrogens with one attached hydrogen (secondary N) is 2. The number of thiazole rings is 1. The van der Waals surface area contributed by atoms with Gasteiger partial charge in [0.05, 0.1) is 13.1 Å². The van der Waals surface area contributed by atoms with Crippen LogP contribution >= 0.6 is 35.3 Å². The summed E-state index contributed by atoms with van der Waals surface area (Å²) in [6.45, 7) is 7.86. The number of benzene rings is 1. The molecule has 0 saturated heterocycles. The molecule has 0 aliphatic heterocycles. The van der Waals surface area contributed by atoms with Gasteiger partial charge < -0.3 is 10.6 Å². The molecule has 132 valence electrons. The van der Waals surface area contributed by atoms with E-state index in [-0.39, 0.29) is 29.8 Å². The molecule has 2 rings (SSSR count). The van der Waals surface area contributed by atoms with Crippen LogP contribution in [0.1, 0.15) is 34.9 Å². The smallest absolute Gasteiger partial charge is 0.191 e. The molecule has 0 atom stereocenters. The SMILES string of the molecule is CCNC(=NCc1ccc(F)c(C)c1)NCc1ncc(CC)s1.I. The van der Waals surface area contributed by atoms with Gasteiger partial charge in [-0.3, -0.25) is 0 Å². The van der Waals surface area contributed by atoms with Gasteiger partial charge in [-0.25, -0.2) is 14.4 Å². The van der Waals surface area contributed by atoms with Crippen molar-refractivity contribution in [2.75, 3.05) is 6.54 Å². The average Bonchev–Trinajstić information content (AvgIpc) is 3.01. The number of halogens is 2. The van der Waals surface area contributed by atoms with Crippen LogP contribution in [-0.4, -0.2) is 17.5 Å². The first kappa shape index (κ1) is 20.8. The molecular formula is C17H24FIN4S. The summed E-state index contributed by atoms with van der Waals surface area (Å²) in [5.41, 5.74) is 1.63. The zero-order valence-corrected chi connectivity index (χ0v) is 17.4. The Morgan fingerprint density at radius 2 is 2.08 bits per heavy atom. The quantitative estimate of drug-likeness (QED) is 0.387. The van der Waals surface area contributed by atoms with Crippen LogP contribution in [0.25, 0.3) is 0 Å². The number of aryl methyl sites for hydroxylation is 2. The Balaban J connectivity index is 0.00000288. The van der Waals surface area contributed by atoms with Crippen LogP contribution in [0.4, 0.5) is 4.39 Å². The number of hydrogen-bond donors (Lipinski definition) is 2. The van der Waals surface area contributed by atoms with E-state index in [1.165, 1.54) is 10.9 Å². The Hall–Kier alpha value is -1.22. The van der Waals surface area contributed by atoms with Gasteiger partial charge in [0.1, 0.15) is 10.8 Å². The average molecular weight is 462 g/mol. The molecule has 1 heterocycles. The zero-order valence-electron chi connectivity index (χ0n) is 14.2. The van der Waals surface area contributed by atoms with Gasteiger partial charge in [-0.15, -0.1) is 35.3 Å². The summed E-state index contributed by atoms with van der Waals surface area (Å²) in [5, 5.41) is 7.54. The van der Waals surface area contributed by atoms with Crippen LogP contribution in [0, 0.1) is 12.7 Å². The molecule has 7 heteroatoms. The van der Waals surface area contributed by atoms with Gasteiger partial charge >= 0.3 is 0 Å². The Morgan fingerprint density at radius 1 is 1.29 bits per heavy atom. The molecule has 0 aliphatic rings. The highest BCUT2D eigenvalue weighted by Gasteiger charge is 2.03. The molecule has 0 unspecified atom stereocenters. The largest absolute Gasteiger partial charge is 0.357 e. The number of rotatable bonds is 6. The van der Waals surface area contributed by atoms with Gasteiger partial charge in [0, 0.05) is 17.6 Å². The van der Waals surface area contributed by atoms with Gasteiger partial charge in [-0.1, -0.05) is 19.1 Å². The van der Waals surface area contributed by atoms with Crippen molar-refractivity contribution in [3.63, 3.8) is 0 Å². The molecule has 0 spiro atoms. The molecule has 0 amide bonds. The summed E-state index contributed by atoms with van der Waals surface area (Å²) in [6.07, 6.45) is 2.93. The van der Waals surface area contributed by atoms with E-state index in [1.807, 2.05) is 19.2 Å². The maximum absolute atomic E-state index is 13.3. The number of nitrogens with zero attached hydrogens (tertiary/aromatic N) is 2. The van der Waals surface area contributed by atoms with Gasteiger partial charge in [-0.2, -0.15) is 0 Å². The summed E-state index contributed by atoms with van der Waals surface area (Å²) < 4.78 is 13.3. The van der Waals surface area contributed by atoms with Crippen LogP contribution in [0.3, 0.4) is 0 Å². The summed E-state index contributed by atoms with van der Waals surface area (Å²) >= 11 is 1.71. The maximum Gasteiger partial charge on any atom is 0.191 e. The maximum atomic E-state index is 13.3. The summed E-state index contributed by atoms with van der Waals surface area (Å²) in [5.74, 6) is 0.556. The van der Waals surface area contributed by atoms with Crippen LogP contribution in [0.5, 0.6) is 0 Å². The molecule has 24 heavy (non-hydrogen) atoms. The third-order valence-corrected chi connectivity index (χ3v) is 4.48. The van der Waals surface area contributed by atoms with Crippen LogP contribution in [0.2, 0.25) is 0 Å². The highest BCUT2D eigenvalue weighted by atomic mass is 127. The second-order valence-electron chi connectivity index (χ2n) is 5.21. The van der Waals surface area contributed by atoms with Gasteiger partial charge in [0.2, 0.25) is 0 Å². The van der Waals surface area contributed by atoms with Crippen molar-refractivity contribution >= 4 is 41.3 Å². The first-order valence-corrected chi connectivity index (χ1v) is 8.64. The first-order valence-electron chi connectivity index (χ1n) is 7.83. The van der Waals surface area contributed by atoms with Crippen molar-refractivity contribution in [1.82, 2.24) is 15.6 Å². The third kappa shape index (κ3) is 6.35. The highest BCUT2D eigenvalue weighted by molar-refractivity contribution is 14.0. The van der Waals surface area contributed by atoms with Crippen molar-refractivity contribution in [2.24, 2.45) is 4.99 Å². The van der Waals surface area contributed by atoms with Crippen molar-refractivity contribution < 1.29 is 4.39 Å². The molecule has 0 saturated carbocycles. The molecule has 0 radical (unpaired) electrons. The van der Waals surface area contributed by atoms with Crippen molar-refractivity contribution in [3.8, 4) is 0 Å². The van der Waals surface area contributed by atoms with Crippen LogP contribution < -0.4 is 10.6 Å². The lowest BCUT2D eigenvalue weighted by Crippen LogP contribution is -2.36. The molecule has 0 bridgehead atoms. The predicted molar refractivity (Wildman–Crippen MR) is 110 cm³/mol. The highest BCUT2D eigenvalue weighted by Crippen LogP contribution is 2.13. The van der Waals surface area contributed by atoms with Gasteiger partial charge in [-0.05, 0) is 37.5 Å². The monoisotopic (exact) mass is 462 g/mol. The molecule has 4 nitrogen and oxygen atoms in total. The molecule has 1 aromatic heterocycles. The molecule has 0 fully saturated rings. The third-order valence-electron chi connectivity index (χ3n) is 3.34. The van der Waals surface area contributed by atoms with Gasteiger partial charge in [0.25, 0.3) is 0 Å². The molecular weight excluding hydrogens is 438 g/mol. The lowest BCUT2D eigenvalue weighted by atomic mass is 10.1. The minimum atomic E-state index is -0.182. The Kier molecular flexibility index (Phi) is 9.20. The second-order valence-corrected chi connectivity index (χ2v) is 6.41. The first-order chi connectivity index (χ1) is 11.1. The van der Waals surface area contributed by atoms with Crippen molar-refractivity contribution in [2.45, 2.75) is 40.3 Å². The van der Waals surface area contributed by atoms with E-state index in [9.17, 15) is 4.39 Å². The second kappa shape index (κ2) is 10.6. The lowest BCUT2D eigenvalue weighted by molar-refractivity contribution is 0.617. The lowest BCUT2D eigenvalue weighted by Gasteiger charge is -2.10. The topological polar surface area (TPSA) is 49.3 Å². The fraction of sp³-hybridized carbons (Fsp3) is 0.412. The van der Waals surface area contributed by atoms with E-state index in [2.05, 4.69) is 27.5 Å². The van der Waals surface area contributed by atoms with Crippen molar-refractivity contribution in [3.05, 3.63) is 51.2 Å². The zero-order chi connectivity index (χ0) is 16.7. The van der Waals surface area contributed by atoms with Crippen LogP contribution in [-0.2, 0) is 19.5 Å². The fourth-order valence-electron chi connectivity index (χ4n) is 2.07. The van der Waals surface area contributed by atoms with E-state index in [0.29, 0.717) is 18.7 Å². The molecule has 1 aromatic carbocycles. The van der Waals surface area contributed by atoms with E-state index < -0.39 is 0 Å². The predicted octanol–water partition coefficient (Wildman–Crippen LogP) is 4.03. The Morgan fingerprint density at radius 3 is 2.71 bits per heavy atom. The number of hydrogen-bond acceptors (Lipinski definition) is 3. The number of aliphatic imine (C=N–C) groups is 1. The van der Waals surface area contributed by atoms with E-state index in [4.69, 9.17) is 0 Å². The minimum absolute atomic E-state index is 0. The normalized spacial score (nSPS) is 11.1. The summed E-state index contributed by atoms with van der Waals surface area (Å²) in [6, 6.07) is 5.09. The Labute approximate surface area is 164 Å². The minimum Gasteiger partial charge on any atom is -0.357 e. The fourth-order valence-corrected chi connectivity index (χ4v) is 2.87. The number of guanidine groups is 1. The van der Waals surface area contributed by atoms with Gasteiger partial charge in [0.15, 0.2) is 5.96 Å². The molecule has 2 aromatic rings. The summed E-state index contributed by atoms with van der Waals surface area (Å²) in [7, 11) is 0.